The summed E-state index contributed by atoms with van der Waals surface area (Å²) in [4.78, 5) is 15.4. The molecule has 0 radical (unpaired) electrons. The molecule has 0 atom stereocenters. The number of hydrogen-bond acceptors (Lipinski definition) is 4. The monoisotopic (exact) mass is 481 g/mol. The van der Waals surface area contributed by atoms with Crippen molar-refractivity contribution in [3.05, 3.63) is 107 Å². The summed E-state index contributed by atoms with van der Waals surface area (Å²) in [5, 5.41) is 1.51. The van der Waals surface area contributed by atoms with E-state index < -0.39 is 7.40 Å². The zero-order valence-corrected chi connectivity index (χ0v) is 20.5. The first-order chi connectivity index (χ1) is 17.4. The lowest BCUT2D eigenvalue weighted by Gasteiger charge is -2.26. The Bertz CT molecular complexity index is 1450. The van der Waals surface area contributed by atoms with Gasteiger partial charge in [-0.25, -0.2) is 0 Å². The number of allylic oxidation sites excluding steroid dienone is 2. The quantitative estimate of drug-likeness (QED) is 0.284. The molecule has 0 saturated carbocycles. The van der Waals surface area contributed by atoms with Gasteiger partial charge in [-0.15, -0.1) is 0 Å². The van der Waals surface area contributed by atoms with Gasteiger partial charge in [-0.3, -0.25) is 23.6 Å². The van der Waals surface area contributed by atoms with Crippen molar-refractivity contribution in [3.8, 4) is 0 Å². The van der Waals surface area contributed by atoms with Gasteiger partial charge in [0.1, 0.15) is 5.82 Å². The molecule has 0 saturated heterocycles. The fraction of sp³-hybridized carbons (Fsp3) is 0.179. The Morgan fingerprint density at radius 2 is 1.56 bits per heavy atom. The Labute approximate surface area is 209 Å². The molecule has 3 aromatic heterocycles. The number of pyridine rings is 2. The molecule has 0 aliphatic carbocycles. The highest BCUT2D eigenvalue weighted by atomic mass is 19.2. The molecule has 4 aromatic rings. The largest absolute Gasteiger partial charge is 0.679 e. The van der Waals surface area contributed by atoms with Crippen molar-refractivity contribution in [2.24, 2.45) is 4.99 Å². The maximum Gasteiger partial charge on any atom is 0.679 e. The number of anilines is 1. The molecule has 0 unspecified atom stereocenters. The Morgan fingerprint density at radius 3 is 2.08 bits per heavy atom. The highest BCUT2D eigenvalue weighted by molar-refractivity contribution is 6.43. The van der Waals surface area contributed by atoms with Gasteiger partial charge < -0.3 is 9.38 Å². The van der Waals surface area contributed by atoms with Crippen LogP contribution < -0.4 is 4.90 Å². The van der Waals surface area contributed by atoms with Crippen molar-refractivity contribution in [1.29, 1.82) is 0 Å². The van der Waals surface area contributed by atoms with Gasteiger partial charge in [0.15, 0.2) is 0 Å². The van der Waals surface area contributed by atoms with Crippen LogP contribution in [-0.4, -0.2) is 27.6 Å². The molecule has 180 valence electrons. The molecule has 36 heavy (non-hydrogen) atoms. The van der Waals surface area contributed by atoms with Crippen LogP contribution in [0.1, 0.15) is 36.5 Å². The van der Waals surface area contributed by atoms with Crippen LogP contribution >= 0.6 is 0 Å². The Kier molecular flexibility index (Phi) is 6.50. The van der Waals surface area contributed by atoms with Gasteiger partial charge in [0.2, 0.25) is 0 Å². The van der Waals surface area contributed by atoms with Crippen LogP contribution in [0.5, 0.6) is 0 Å². The number of aliphatic imine (C=N–C) groups is 1. The lowest BCUT2D eigenvalue weighted by atomic mass is 10.1. The van der Waals surface area contributed by atoms with E-state index in [1.165, 1.54) is 0 Å². The summed E-state index contributed by atoms with van der Waals surface area (Å²) in [5.41, 5.74) is 5.51. The number of aromatic nitrogens is 3. The van der Waals surface area contributed by atoms with Gasteiger partial charge in [-0.05, 0) is 68.8 Å². The van der Waals surface area contributed by atoms with E-state index in [0.29, 0.717) is 30.3 Å². The SMILES string of the molecule is CC1=CC(C)=N/C1=C\c1c2ccc(C)cc2c(N(Cc2ccccn2)Cc2ccccn2)n1B(F)F. The first-order valence-electron chi connectivity index (χ1n) is 11.8. The third kappa shape index (κ3) is 4.71. The van der Waals surface area contributed by atoms with Crippen LogP contribution in [0, 0.1) is 6.92 Å². The predicted molar refractivity (Wildman–Crippen MR) is 143 cm³/mol. The van der Waals surface area contributed by atoms with Crippen LogP contribution in [0.4, 0.5) is 14.4 Å². The van der Waals surface area contributed by atoms with Crippen molar-refractivity contribution in [2.45, 2.75) is 33.9 Å². The van der Waals surface area contributed by atoms with Crippen LogP contribution in [-0.2, 0) is 13.1 Å². The molecular weight excluding hydrogens is 455 g/mol. The Morgan fingerprint density at radius 1 is 0.889 bits per heavy atom. The second-order valence-corrected chi connectivity index (χ2v) is 9.01. The molecule has 1 aliphatic rings. The van der Waals surface area contributed by atoms with E-state index >= 15 is 0 Å². The van der Waals surface area contributed by atoms with Crippen LogP contribution in [0.3, 0.4) is 0 Å². The van der Waals surface area contributed by atoms with Crippen molar-refractivity contribution < 1.29 is 8.63 Å². The number of hydrogen-bond donors (Lipinski definition) is 0. The maximum absolute atomic E-state index is 14.9. The topological polar surface area (TPSA) is 46.3 Å². The molecule has 0 spiro atoms. The van der Waals surface area contributed by atoms with Gasteiger partial charge in [-0.1, -0.05) is 29.8 Å². The summed E-state index contributed by atoms with van der Waals surface area (Å²) < 4.78 is 31.0. The van der Waals surface area contributed by atoms with Crippen LogP contribution in [0.15, 0.2) is 89.3 Å². The Balaban J connectivity index is 1.76. The highest BCUT2D eigenvalue weighted by Gasteiger charge is 2.31. The standard InChI is InChI=1S/C28H26BF2N5/c1-19-10-11-24-25(14-19)28(36(29(30)31)27(24)16-26-20(2)15-21(3)34-26)35(17-22-8-4-6-12-32-22)18-23-9-5-7-13-33-23/h4-16H,17-18H2,1-3H3/b26-16-. The minimum absolute atomic E-state index is 0.351. The number of aryl methyl sites for hydroxylation is 1. The molecule has 0 amide bonds. The molecule has 4 heterocycles. The van der Waals surface area contributed by atoms with Gasteiger partial charge >= 0.3 is 7.40 Å². The summed E-state index contributed by atoms with van der Waals surface area (Å²) in [6, 6.07) is 17.2. The van der Waals surface area contributed by atoms with Crippen molar-refractivity contribution >= 4 is 35.8 Å². The molecular formula is C28H26BF2N5. The number of fused-ring (bicyclic) bond motifs is 1. The smallest absolute Gasteiger partial charge is 0.346 e. The molecule has 1 aliphatic heterocycles. The lowest BCUT2D eigenvalue weighted by molar-refractivity contribution is 0.622. The number of rotatable bonds is 7. The first kappa shape index (κ1) is 23.7. The maximum atomic E-state index is 14.9. The van der Waals surface area contributed by atoms with E-state index in [9.17, 15) is 8.63 Å². The predicted octanol–water partition coefficient (Wildman–Crippen LogP) is 6.48. The average molecular weight is 481 g/mol. The minimum Gasteiger partial charge on any atom is -0.346 e. The molecule has 1 aromatic carbocycles. The molecule has 5 rings (SSSR count). The third-order valence-electron chi connectivity index (χ3n) is 6.23. The third-order valence-corrected chi connectivity index (χ3v) is 6.23. The van der Waals surface area contributed by atoms with E-state index in [0.717, 1.165) is 43.5 Å². The van der Waals surface area contributed by atoms with E-state index in [1.807, 2.05) is 86.3 Å². The number of nitrogens with zero attached hydrogens (tertiary/aromatic N) is 5. The van der Waals surface area contributed by atoms with Crippen molar-refractivity contribution in [3.63, 3.8) is 0 Å². The van der Waals surface area contributed by atoms with Gasteiger partial charge in [0.25, 0.3) is 0 Å². The first-order valence-corrected chi connectivity index (χ1v) is 11.8. The van der Waals surface area contributed by atoms with Crippen molar-refractivity contribution in [1.82, 2.24) is 14.4 Å². The Hall–Kier alpha value is -4.07. The summed E-state index contributed by atoms with van der Waals surface area (Å²) in [6.07, 6.45) is 7.17. The van der Waals surface area contributed by atoms with E-state index in [1.54, 1.807) is 18.5 Å². The lowest BCUT2D eigenvalue weighted by Crippen LogP contribution is -2.29. The average Bonchev–Trinajstić information content (AvgIpc) is 3.35. The number of halogens is 2. The zero-order valence-electron chi connectivity index (χ0n) is 20.5. The summed E-state index contributed by atoms with van der Waals surface area (Å²) in [6.45, 7) is 6.53. The van der Waals surface area contributed by atoms with Gasteiger partial charge in [0.05, 0.1) is 30.2 Å². The second kappa shape index (κ2) is 9.89. The van der Waals surface area contributed by atoms with Gasteiger partial charge in [-0.2, -0.15) is 0 Å². The fourth-order valence-corrected chi connectivity index (χ4v) is 4.66. The zero-order chi connectivity index (χ0) is 25.2. The molecule has 0 fully saturated rings. The van der Waals surface area contributed by atoms with Crippen LogP contribution in [0.2, 0.25) is 0 Å². The van der Waals surface area contributed by atoms with E-state index in [-0.39, 0.29) is 0 Å². The fourth-order valence-electron chi connectivity index (χ4n) is 4.66. The summed E-state index contributed by atoms with van der Waals surface area (Å²) >= 11 is 0. The molecule has 0 N–H and O–H groups in total. The highest BCUT2D eigenvalue weighted by Crippen LogP contribution is 2.38. The van der Waals surface area contributed by atoms with Crippen molar-refractivity contribution in [2.75, 3.05) is 4.90 Å². The molecule has 5 nitrogen and oxygen atoms in total. The minimum atomic E-state index is -2.76. The number of benzene rings is 1. The van der Waals surface area contributed by atoms with Gasteiger partial charge in [0, 0.05) is 34.6 Å². The summed E-state index contributed by atoms with van der Waals surface area (Å²) in [7, 11) is -2.76. The van der Waals surface area contributed by atoms with E-state index in [2.05, 4.69) is 15.0 Å². The summed E-state index contributed by atoms with van der Waals surface area (Å²) in [5.74, 6) is 0.437. The normalized spacial score (nSPS) is 14.3. The molecule has 8 heteroatoms. The second-order valence-electron chi connectivity index (χ2n) is 9.01. The van der Waals surface area contributed by atoms with E-state index in [4.69, 9.17) is 0 Å². The van der Waals surface area contributed by atoms with Crippen LogP contribution in [0.25, 0.3) is 16.8 Å². The molecule has 0 bridgehead atoms.